The molecular weight excluding hydrogens is 646 g/mol. The van der Waals surface area contributed by atoms with Gasteiger partial charge in [0.15, 0.2) is 25.2 Å². The molecule has 2 aromatic carbocycles. The molecule has 0 radical (unpaired) electrons. The highest BCUT2D eigenvalue weighted by atomic mass is 19.1. The van der Waals surface area contributed by atoms with Gasteiger partial charge in [0.2, 0.25) is 0 Å². The largest absolute Gasteiger partial charge is 0.508 e. The zero-order valence-electron chi connectivity index (χ0n) is 29.3. The predicted octanol–water partition coefficient (Wildman–Crippen LogP) is 7.62. The Morgan fingerprint density at radius 3 is 1.80 bits per heavy atom. The standard InChI is InChI=1S/2C20H23FO4/c2*1-4-5-14-10-20(19(9-18(14)23)24-11-25-20)13(3)7-15-8-17(22)12(2)6-16(15)21/h4-6,8-9,13-14,22H,7,10-11H2,1-3H3;4,6,8-9,13-14,22H,1,5,7,10-11H2,2-3H3/b5-4+;/t2*13-,14-,20+/m00/s1. The van der Waals surface area contributed by atoms with Gasteiger partial charge in [0.05, 0.1) is 0 Å². The van der Waals surface area contributed by atoms with Gasteiger partial charge in [-0.1, -0.05) is 32.1 Å². The zero-order chi connectivity index (χ0) is 36.4. The lowest BCUT2D eigenvalue weighted by molar-refractivity contribution is -0.123. The minimum atomic E-state index is -0.745. The molecule has 50 heavy (non-hydrogen) atoms. The number of carbonyl (C=O) groups is 2. The lowest BCUT2D eigenvalue weighted by atomic mass is 9.71. The summed E-state index contributed by atoms with van der Waals surface area (Å²) >= 11 is 0. The van der Waals surface area contributed by atoms with Gasteiger partial charge in [0, 0.05) is 24.0 Å². The van der Waals surface area contributed by atoms with E-state index in [1.807, 2.05) is 32.9 Å². The molecule has 0 saturated carbocycles. The second-order valence-electron chi connectivity index (χ2n) is 13.8. The molecule has 10 heteroatoms. The maximum Gasteiger partial charge on any atom is 0.189 e. The smallest absolute Gasteiger partial charge is 0.189 e. The average molecular weight is 693 g/mol. The maximum atomic E-state index is 14.3. The van der Waals surface area contributed by atoms with Crippen molar-refractivity contribution in [3.63, 3.8) is 0 Å². The van der Waals surface area contributed by atoms with Gasteiger partial charge in [0.1, 0.15) is 45.9 Å². The number of aryl methyl sites for hydroxylation is 2. The zero-order valence-corrected chi connectivity index (χ0v) is 29.3. The minimum Gasteiger partial charge on any atom is -0.508 e. The third-order valence-corrected chi connectivity index (χ3v) is 10.5. The molecule has 0 unspecified atom stereocenters. The summed E-state index contributed by atoms with van der Waals surface area (Å²) < 4.78 is 51.5. The number of ketones is 2. The van der Waals surface area contributed by atoms with Gasteiger partial charge in [-0.3, -0.25) is 9.59 Å². The predicted molar refractivity (Wildman–Crippen MR) is 183 cm³/mol. The molecular formula is C40H46F2O8. The van der Waals surface area contributed by atoms with E-state index in [0.29, 0.717) is 65.9 Å². The summed E-state index contributed by atoms with van der Waals surface area (Å²) in [5, 5.41) is 19.8. The number of ether oxygens (including phenoxy) is 4. The van der Waals surface area contributed by atoms with Gasteiger partial charge in [-0.2, -0.15) is 0 Å². The van der Waals surface area contributed by atoms with Crippen LogP contribution in [0.5, 0.6) is 11.5 Å². The number of hydrogen-bond donors (Lipinski definition) is 2. The van der Waals surface area contributed by atoms with Crippen molar-refractivity contribution < 1.29 is 47.5 Å². The third kappa shape index (κ3) is 7.14. The van der Waals surface area contributed by atoms with Crippen molar-refractivity contribution in [1.29, 1.82) is 0 Å². The van der Waals surface area contributed by atoms with Crippen LogP contribution < -0.4 is 0 Å². The van der Waals surface area contributed by atoms with E-state index in [1.165, 1.54) is 36.4 Å². The molecule has 268 valence electrons. The van der Waals surface area contributed by atoms with Gasteiger partial charge < -0.3 is 29.2 Å². The summed E-state index contributed by atoms with van der Waals surface area (Å²) in [5.41, 5.74) is 0.378. The fourth-order valence-corrected chi connectivity index (χ4v) is 7.49. The molecule has 6 rings (SSSR count). The Bertz CT molecular complexity index is 1740. The van der Waals surface area contributed by atoms with Crippen molar-refractivity contribution in [3.8, 4) is 11.5 Å². The van der Waals surface area contributed by atoms with Crippen LogP contribution in [0.15, 0.2) is 72.7 Å². The number of benzene rings is 2. The summed E-state index contributed by atoms with van der Waals surface area (Å²) in [6, 6.07) is 5.61. The lowest BCUT2D eigenvalue weighted by Crippen LogP contribution is -2.45. The van der Waals surface area contributed by atoms with E-state index in [4.69, 9.17) is 18.9 Å². The monoisotopic (exact) mass is 692 g/mol. The SMILES string of the molecule is C/C=C/[C@H]1C[C@]2([C@@H](C)Cc3cc(O)c(C)cc3F)OCOC2=CC1=O.C=CC[C@H]1C[C@]2([C@@H](C)Cc3cc(O)c(C)cc3F)OCOC2=CC1=O. The van der Waals surface area contributed by atoms with E-state index in [1.54, 1.807) is 19.9 Å². The number of halogens is 2. The summed E-state index contributed by atoms with van der Waals surface area (Å²) in [5.74, 6) is -0.201. The number of rotatable bonds is 9. The summed E-state index contributed by atoms with van der Waals surface area (Å²) in [4.78, 5) is 24.5. The van der Waals surface area contributed by atoms with Gasteiger partial charge in [0.25, 0.3) is 0 Å². The van der Waals surface area contributed by atoms with E-state index in [2.05, 4.69) is 6.58 Å². The van der Waals surface area contributed by atoms with Crippen molar-refractivity contribution in [2.45, 2.75) is 77.9 Å². The van der Waals surface area contributed by atoms with E-state index >= 15 is 0 Å². The molecule has 2 aromatic rings. The second kappa shape index (κ2) is 14.9. The molecule has 6 atom stereocenters. The van der Waals surface area contributed by atoms with Crippen LogP contribution in [0.25, 0.3) is 0 Å². The number of carbonyl (C=O) groups excluding carboxylic acids is 2. The highest BCUT2D eigenvalue weighted by Crippen LogP contribution is 2.48. The summed E-state index contributed by atoms with van der Waals surface area (Å²) in [6.45, 7) is 13.0. The minimum absolute atomic E-state index is 0.000543. The molecule has 0 aromatic heterocycles. The van der Waals surface area contributed by atoms with Crippen molar-refractivity contribution in [2.75, 3.05) is 13.6 Å². The average Bonchev–Trinajstić information content (AvgIpc) is 3.68. The first-order valence-electron chi connectivity index (χ1n) is 17.0. The molecule has 8 nitrogen and oxygen atoms in total. The van der Waals surface area contributed by atoms with Gasteiger partial charge in [-0.05, 0) is 111 Å². The lowest BCUT2D eigenvalue weighted by Gasteiger charge is -2.38. The maximum absolute atomic E-state index is 14.3. The molecule has 2 aliphatic carbocycles. The molecule has 0 bridgehead atoms. The van der Waals surface area contributed by atoms with Gasteiger partial charge in [-0.15, -0.1) is 6.58 Å². The summed E-state index contributed by atoms with van der Waals surface area (Å²) in [7, 11) is 0. The Morgan fingerprint density at radius 2 is 1.32 bits per heavy atom. The molecule has 2 aliphatic heterocycles. The highest BCUT2D eigenvalue weighted by Gasteiger charge is 2.53. The van der Waals surface area contributed by atoms with Crippen molar-refractivity contribution in [1.82, 2.24) is 0 Å². The Labute approximate surface area is 292 Å². The van der Waals surface area contributed by atoms with Crippen LogP contribution in [0, 0.1) is 49.2 Å². The molecule has 2 heterocycles. The number of phenolic OH excluding ortho intramolecular Hbond substituents is 2. The van der Waals surface area contributed by atoms with Crippen LogP contribution >= 0.6 is 0 Å². The van der Waals surface area contributed by atoms with E-state index in [9.17, 15) is 28.6 Å². The Morgan fingerprint density at radius 1 is 0.840 bits per heavy atom. The van der Waals surface area contributed by atoms with E-state index in [-0.39, 0.29) is 72.0 Å². The van der Waals surface area contributed by atoms with Crippen molar-refractivity contribution in [3.05, 3.63) is 107 Å². The number of allylic oxidation sites excluding steroid dienone is 5. The number of fused-ring (bicyclic) bond motifs is 2. The number of phenols is 2. The number of hydrogen-bond acceptors (Lipinski definition) is 8. The first-order valence-corrected chi connectivity index (χ1v) is 17.0. The number of aromatic hydroxyl groups is 2. The normalized spacial score (nSPS) is 26.9. The molecule has 2 fully saturated rings. The van der Waals surface area contributed by atoms with Crippen LogP contribution in [0.1, 0.15) is 62.3 Å². The topological polar surface area (TPSA) is 112 Å². The van der Waals surface area contributed by atoms with Crippen LogP contribution in [0.2, 0.25) is 0 Å². The third-order valence-electron chi connectivity index (χ3n) is 10.5. The van der Waals surface area contributed by atoms with Crippen molar-refractivity contribution in [2.24, 2.45) is 23.7 Å². The molecule has 4 aliphatic rings. The van der Waals surface area contributed by atoms with E-state index in [0.717, 1.165) is 0 Å². The quantitative estimate of drug-likeness (QED) is 0.258. The van der Waals surface area contributed by atoms with Crippen LogP contribution in [-0.4, -0.2) is 46.6 Å². The fourth-order valence-electron chi connectivity index (χ4n) is 7.49. The van der Waals surface area contributed by atoms with Gasteiger partial charge >= 0.3 is 0 Å². The molecule has 0 spiro atoms. The Balaban J connectivity index is 0.000000194. The van der Waals surface area contributed by atoms with E-state index < -0.39 is 11.2 Å². The van der Waals surface area contributed by atoms with Crippen LogP contribution in [-0.2, 0) is 41.4 Å². The summed E-state index contributed by atoms with van der Waals surface area (Å²) in [6.07, 6.45) is 10.8. The first kappa shape index (κ1) is 37.0. The van der Waals surface area contributed by atoms with Crippen molar-refractivity contribution >= 4 is 11.6 Å². The second-order valence-corrected chi connectivity index (χ2v) is 13.8. The molecule has 2 saturated heterocycles. The molecule has 0 amide bonds. The highest BCUT2D eigenvalue weighted by molar-refractivity contribution is 5.95. The van der Waals surface area contributed by atoms with Gasteiger partial charge in [-0.25, -0.2) is 8.78 Å². The van der Waals surface area contributed by atoms with Crippen LogP contribution in [0.4, 0.5) is 8.78 Å². The molecule has 2 N–H and O–H groups in total. The fraction of sp³-hybridized carbons (Fsp3) is 0.450. The first-order chi connectivity index (χ1) is 23.7. The Kier molecular flexibility index (Phi) is 11.0. The Hall–Kier alpha value is -4.28. The van der Waals surface area contributed by atoms with Crippen LogP contribution in [0.3, 0.4) is 0 Å².